The Morgan fingerprint density at radius 1 is 1.08 bits per heavy atom. The van der Waals surface area contributed by atoms with E-state index in [0.717, 1.165) is 38.1 Å². The number of hydrogen-bond donors (Lipinski definition) is 1. The number of pyridine rings is 1. The molecule has 3 rings (SSSR count). The molecule has 136 valence electrons. The highest BCUT2D eigenvalue weighted by atomic mass is 16.5. The Labute approximate surface area is 153 Å². The number of hydrogen-bond acceptors (Lipinski definition) is 4. The number of aromatic nitrogens is 1. The number of rotatable bonds is 5. The highest BCUT2D eigenvalue weighted by Gasteiger charge is 2.19. The van der Waals surface area contributed by atoms with Crippen molar-refractivity contribution in [2.75, 3.05) is 25.0 Å². The number of benzene rings is 1. The SMILES string of the molecule is CCOc1ccc(NC(=O)c2cncc(C(=O)N3CCCCC3)c2)cc1. The highest BCUT2D eigenvalue weighted by molar-refractivity contribution is 6.05. The van der Waals surface area contributed by atoms with Gasteiger partial charge >= 0.3 is 0 Å². The molecule has 0 saturated carbocycles. The predicted molar refractivity (Wildman–Crippen MR) is 99.6 cm³/mol. The summed E-state index contributed by atoms with van der Waals surface area (Å²) in [6.07, 6.45) is 6.20. The topological polar surface area (TPSA) is 71.5 Å². The number of likely N-dealkylation sites (tertiary alicyclic amines) is 1. The summed E-state index contributed by atoms with van der Waals surface area (Å²) in [6, 6.07) is 8.76. The fraction of sp³-hybridized carbons (Fsp3) is 0.350. The molecule has 0 spiro atoms. The Morgan fingerprint density at radius 3 is 2.46 bits per heavy atom. The summed E-state index contributed by atoms with van der Waals surface area (Å²) in [6.45, 7) is 4.04. The van der Waals surface area contributed by atoms with Gasteiger partial charge in [-0.25, -0.2) is 0 Å². The number of nitrogens with zero attached hydrogens (tertiary/aromatic N) is 2. The lowest BCUT2D eigenvalue weighted by molar-refractivity contribution is 0.0724. The normalized spacial score (nSPS) is 14.0. The zero-order valence-corrected chi connectivity index (χ0v) is 14.9. The highest BCUT2D eigenvalue weighted by Crippen LogP contribution is 2.17. The van der Waals surface area contributed by atoms with Crippen LogP contribution >= 0.6 is 0 Å². The summed E-state index contributed by atoms with van der Waals surface area (Å²) in [4.78, 5) is 30.9. The van der Waals surface area contributed by atoms with Gasteiger partial charge in [-0.1, -0.05) is 0 Å². The second-order valence-corrected chi connectivity index (χ2v) is 6.23. The van der Waals surface area contributed by atoms with E-state index in [-0.39, 0.29) is 11.8 Å². The van der Waals surface area contributed by atoms with E-state index < -0.39 is 0 Å². The first-order chi connectivity index (χ1) is 12.7. The van der Waals surface area contributed by atoms with Crippen LogP contribution < -0.4 is 10.1 Å². The number of carbonyl (C=O) groups excluding carboxylic acids is 2. The van der Waals surface area contributed by atoms with Gasteiger partial charge in [0.2, 0.25) is 0 Å². The van der Waals surface area contributed by atoms with E-state index >= 15 is 0 Å². The van der Waals surface area contributed by atoms with Crippen LogP contribution in [0.1, 0.15) is 46.9 Å². The van der Waals surface area contributed by atoms with Crippen LogP contribution in [0.5, 0.6) is 5.75 Å². The number of ether oxygens (including phenoxy) is 1. The van der Waals surface area contributed by atoms with Crippen LogP contribution in [0.3, 0.4) is 0 Å². The molecule has 6 heteroatoms. The van der Waals surface area contributed by atoms with E-state index in [1.54, 1.807) is 30.3 Å². The lowest BCUT2D eigenvalue weighted by Gasteiger charge is -2.26. The van der Waals surface area contributed by atoms with Crippen LogP contribution in [-0.2, 0) is 0 Å². The van der Waals surface area contributed by atoms with Gasteiger partial charge in [0.1, 0.15) is 5.75 Å². The first kappa shape index (κ1) is 17.9. The number of anilines is 1. The molecule has 0 bridgehead atoms. The fourth-order valence-electron chi connectivity index (χ4n) is 2.97. The Hall–Kier alpha value is -2.89. The summed E-state index contributed by atoms with van der Waals surface area (Å²) >= 11 is 0. The Morgan fingerprint density at radius 2 is 1.77 bits per heavy atom. The lowest BCUT2D eigenvalue weighted by atomic mass is 10.1. The zero-order valence-electron chi connectivity index (χ0n) is 14.9. The van der Waals surface area contributed by atoms with Gasteiger partial charge in [-0.15, -0.1) is 0 Å². The first-order valence-corrected chi connectivity index (χ1v) is 8.96. The molecule has 0 unspecified atom stereocenters. The third kappa shape index (κ3) is 4.39. The molecule has 2 heterocycles. The largest absolute Gasteiger partial charge is 0.494 e. The summed E-state index contributed by atoms with van der Waals surface area (Å²) < 4.78 is 5.39. The van der Waals surface area contributed by atoms with Gasteiger partial charge in [-0.05, 0) is 56.5 Å². The minimum atomic E-state index is -0.296. The average molecular weight is 353 g/mol. The number of piperidine rings is 1. The minimum absolute atomic E-state index is 0.0621. The molecule has 1 aliphatic heterocycles. The Bertz CT molecular complexity index is 768. The Balaban J connectivity index is 1.68. The third-order valence-corrected chi connectivity index (χ3v) is 4.31. The van der Waals surface area contributed by atoms with Crippen molar-refractivity contribution in [3.63, 3.8) is 0 Å². The quantitative estimate of drug-likeness (QED) is 0.895. The number of nitrogens with one attached hydrogen (secondary N) is 1. The summed E-state index contributed by atoms with van der Waals surface area (Å²) in [5.41, 5.74) is 1.47. The number of carbonyl (C=O) groups is 2. The maximum absolute atomic E-state index is 12.6. The second-order valence-electron chi connectivity index (χ2n) is 6.23. The molecule has 0 atom stereocenters. The molecule has 1 N–H and O–H groups in total. The molecule has 0 aliphatic carbocycles. The first-order valence-electron chi connectivity index (χ1n) is 8.96. The minimum Gasteiger partial charge on any atom is -0.494 e. The predicted octanol–water partition coefficient (Wildman–Crippen LogP) is 3.36. The van der Waals surface area contributed by atoms with E-state index in [1.165, 1.54) is 12.4 Å². The van der Waals surface area contributed by atoms with E-state index in [0.29, 0.717) is 23.4 Å². The van der Waals surface area contributed by atoms with Crippen molar-refractivity contribution in [1.29, 1.82) is 0 Å². The van der Waals surface area contributed by atoms with E-state index in [2.05, 4.69) is 10.3 Å². The molecule has 26 heavy (non-hydrogen) atoms. The van der Waals surface area contributed by atoms with Crippen molar-refractivity contribution >= 4 is 17.5 Å². The van der Waals surface area contributed by atoms with Gasteiger partial charge in [0.15, 0.2) is 0 Å². The maximum Gasteiger partial charge on any atom is 0.257 e. The van der Waals surface area contributed by atoms with Crippen molar-refractivity contribution in [2.24, 2.45) is 0 Å². The molecule has 2 amide bonds. The van der Waals surface area contributed by atoms with Gasteiger partial charge in [-0.2, -0.15) is 0 Å². The van der Waals surface area contributed by atoms with Crippen LogP contribution in [0.25, 0.3) is 0 Å². The van der Waals surface area contributed by atoms with E-state index in [9.17, 15) is 9.59 Å². The number of amides is 2. The monoisotopic (exact) mass is 353 g/mol. The lowest BCUT2D eigenvalue weighted by Crippen LogP contribution is -2.35. The van der Waals surface area contributed by atoms with E-state index in [1.807, 2.05) is 11.8 Å². The molecular formula is C20H23N3O3. The van der Waals surface area contributed by atoms with Gasteiger partial charge in [0.25, 0.3) is 11.8 Å². The van der Waals surface area contributed by atoms with Crippen LogP contribution in [0.4, 0.5) is 5.69 Å². The molecule has 1 aromatic heterocycles. The van der Waals surface area contributed by atoms with Crippen molar-refractivity contribution in [2.45, 2.75) is 26.2 Å². The van der Waals surface area contributed by atoms with Crippen LogP contribution in [-0.4, -0.2) is 41.4 Å². The standard InChI is InChI=1S/C20H23N3O3/c1-2-26-18-8-6-17(7-9-18)22-19(24)15-12-16(14-21-13-15)20(25)23-10-4-3-5-11-23/h6-9,12-14H,2-5,10-11H2,1H3,(H,22,24). The third-order valence-electron chi connectivity index (χ3n) is 4.31. The smallest absolute Gasteiger partial charge is 0.257 e. The van der Waals surface area contributed by atoms with Crippen molar-refractivity contribution < 1.29 is 14.3 Å². The van der Waals surface area contributed by atoms with Crippen molar-refractivity contribution in [3.05, 3.63) is 53.9 Å². The summed E-state index contributed by atoms with van der Waals surface area (Å²) in [5, 5.41) is 2.81. The van der Waals surface area contributed by atoms with Crippen molar-refractivity contribution in [3.8, 4) is 5.75 Å². The van der Waals surface area contributed by atoms with Gasteiger partial charge < -0.3 is 15.0 Å². The molecule has 1 aliphatic rings. The fourth-order valence-corrected chi connectivity index (χ4v) is 2.97. The summed E-state index contributed by atoms with van der Waals surface area (Å²) in [7, 11) is 0. The zero-order chi connectivity index (χ0) is 18.4. The summed E-state index contributed by atoms with van der Waals surface area (Å²) in [5.74, 6) is 0.393. The van der Waals surface area contributed by atoms with Crippen molar-refractivity contribution in [1.82, 2.24) is 9.88 Å². The Kier molecular flexibility index (Phi) is 5.84. The molecule has 1 aromatic carbocycles. The molecule has 6 nitrogen and oxygen atoms in total. The van der Waals surface area contributed by atoms with Crippen LogP contribution in [0.15, 0.2) is 42.7 Å². The molecule has 1 saturated heterocycles. The van der Waals surface area contributed by atoms with Crippen LogP contribution in [0.2, 0.25) is 0 Å². The molecule has 0 radical (unpaired) electrons. The molecule has 1 fully saturated rings. The average Bonchev–Trinajstić information content (AvgIpc) is 2.70. The molecular weight excluding hydrogens is 330 g/mol. The second kappa shape index (κ2) is 8.47. The van der Waals surface area contributed by atoms with Gasteiger partial charge in [0.05, 0.1) is 17.7 Å². The van der Waals surface area contributed by atoms with Gasteiger partial charge in [-0.3, -0.25) is 14.6 Å². The maximum atomic E-state index is 12.6. The van der Waals surface area contributed by atoms with Gasteiger partial charge in [0, 0.05) is 31.2 Å². The van der Waals surface area contributed by atoms with E-state index in [4.69, 9.17) is 4.74 Å². The van der Waals surface area contributed by atoms with Crippen LogP contribution in [0, 0.1) is 0 Å². The molecule has 2 aromatic rings.